The Hall–Kier alpha value is -2.87. The minimum absolute atomic E-state index is 0.0750. The zero-order valence-corrected chi connectivity index (χ0v) is 15.5. The van der Waals surface area contributed by atoms with Crippen molar-refractivity contribution in [2.45, 2.75) is 6.18 Å². The first-order valence-electron chi connectivity index (χ1n) is 8.03. The van der Waals surface area contributed by atoms with Crippen LogP contribution in [0.15, 0.2) is 42.6 Å². The Balaban J connectivity index is 2.16. The third-order valence-corrected chi connectivity index (χ3v) is 4.37. The van der Waals surface area contributed by atoms with Crippen LogP contribution in [0.2, 0.25) is 5.02 Å². The molecule has 0 saturated heterocycles. The average molecular weight is 412 g/mol. The molecule has 0 aliphatic rings. The molecular formula is C19H14ClF4N3O. The zero-order chi connectivity index (χ0) is 20.6. The molecule has 0 aliphatic heterocycles. The maximum Gasteiger partial charge on any atom is 0.419 e. The molecule has 0 atom stereocenters. The van der Waals surface area contributed by atoms with E-state index in [9.17, 15) is 22.4 Å². The number of alkyl halides is 3. The predicted molar refractivity (Wildman–Crippen MR) is 99.5 cm³/mol. The van der Waals surface area contributed by atoms with Crippen molar-refractivity contribution in [1.82, 2.24) is 9.88 Å². The molecule has 1 heterocycles. The van der Waals surface area contributed by atoms with Crippen LogP contribution >= 0.6 is 11.6 Å². The topological polar surface area (TPSA) is 45.2 Å². The molecule has 1 amide bonds. The molecular weight excluding hydrogens is 398 g/mol. The number of hydrogen-bond acceptors (Lipinski definition) is 3. The molecule has 1 N–H and O–H groups in total. The van der Waals surface area contributed by atoms with E-state index in [1.165, 1.54) is 17.2 Å². The van der Waals surface area contributed by atoms with Gasteiger partial charge in [-0.05, 0) is 18.2 Å². The van der Waals surface area contributed by atoms with Gasteiger partial charge in [0, 0.05) is 36.1 Å². The SMILES string of the molecule is CN(C)C(=O)c1cnc(Nc2cccc(C(F)(F)F)c2F)c2cccc(Cl)c12. The second-order valence-corrected chi connectivity index (χ2v) is 6.58. The number of nitrogens with one attached hydrogen (secondary N) is 1. The lowest BCUT2D eigenvalue weighted by Crippen LogP contribution is -2.22. The normalized spacial score (nSPS) is 11.5. The summed E-state index contributed by atoms with van der Waals surface area (Å²) < 4.78 is 53.2. The zero-order valence-electron chi connectivity index (χ0n) is 14.7. The number of halogens is 5. The Morgan fingerprint density at radius 1 is 1.14 bits per heavy atom. The molecule has 0 saturated carbocycles. The summed E-state index contributed by atoms with van der Waals surface area (Å²) in [5.74, 6) is -1.71. The van der Waals surface area contributed by atoms with Crippen molar-refractivity contribution in [3.63, 3.8) is 0 Å². The van der Waals surface area contributed by atoms with Crippen LogP contribution < -0.4 is 5.32 Å². The number of rotatable bonds is 3. The number of anilines is 2. The van der Waals surface area contributed by atoms with E-state index in [2.05, 4.69) is 10.3 Å². The summed E-state index contributed by atoms with van der Waals surface area (Å²) in [5, 5.41) is 3.58. The molecule has 9 heteroatoms. The second-order valence-electron chi connectivity index (χ2n) is 6.17. The molecule has 0 aliphatic carbocycles. The monoisotopic (exact) mass is 411 g/mol. The van der Waals surface area contributed by atoms with Crippen LogP contribution in [0.4, 0.5) is 29.1 Å². The van der Waals surface area contributed by atoms with E-state index < -0.39 is 23.2 Å². The lowest BCUT2D eigenvalue weighted by molar-refractivity contribution is -0.139. The maximum atomic E-state index is 14.3. The van der Waals surface area contributed by atoms with Crippen LogP contribution in [-0.4, -0.2) is 29.9 Å². The first-order valence-corrected chi connectivity index (χ1v) is 8.40. The van der Waals surface area contributed by atoms with Crippen LogP contribution in [0.1, 0.15) is 15.9 Å². The number of pyridine rings is 1. The highest BCUT2D eigenvalue weighted by Crippen LogP contribution is 2.36. The van der Waals surface area contributed by atoms with Gasteiger partial charge in [0.15, 0.2) is 5.82 Å². The summed E-state index contributed by atoms with van der Waals surface area (Å²) in [6, 6.07) is 7.68. The third kappa shape index (κ3) is 3.60. The standard InChI is InChI=1S/C19H14ClF4N3O/c1-27(2)18(28)11-9-25-17(10-5-3-7-13(20)15(10)11)26-14-8-4-6-12(16(14)21)19(22,23)24/h3-9H,1-2H3,(H,25,26). The summed E-state index contributed by atoms with van der Waals surface area (Å²) in [4.78, 5) is 17.9. The summed E-state index contributed by atoms with van der Waals surface area (Å²) >= 11 is 6.25. The Kier molecular flexibility index (Phi) is 5.16. The van der Waals surface area contributed by atoms with E-state index in [0.29, 0.717) is 16.8 Å². The minimum Gasteiger partial charge on any atom is -0.345 e. The molecule has 1 aromatic heterocycles. The van der Waals surface area contributed by atoms with Gasteiger partial charge in [0.05, 0.1) is 16.8 Å². The predicted octanol–water partition coefficient (Wildman–Crippen LogP) is 5.49. The number of hydrogen-bond donors (Lipinski definition) is 1. The highest BCUT2D eigenvalue weighted by atomic mass is 35.5. The second kappa shape index (κ2) is 7.27. The average Bonchev–Trinajstić information content (AvgIpc) is 2.62. The van der Waals surface area contributed by atoms with Crippen LogP contribution in [0.3, 0.4) is 0 Å². The molecule has 0 unspecified atom stereocenters. The molecule has 3 rings (SSSR count). The highest BCUT2D eigenvalue weighted by molar-refractivity contribution is 6.37. The van der Waals surface area contributed by atoms with E-state index in [4.69, 9.17) is 11.6 Å². The van der Waals surface area contributed by atoms with Gasteiger partial charge >= 0.3 is 6.18 Å². The van der Waals surface area contributed by atoms with Crippen molar-refractivity contribution in [3.05, 3.63) is 64.6 Å². The van der Waals surface area contributed by atoms with Crippen molar-refractivity contribution >= 4 is 39.8 Å². The molecule has 146 valence electrons. The maximum absolute atomic E-state index is 14.3. The molecule has 0 bridgehead atoms. The Morgan fingerprint density at radius 2 is 1.82 bits per heavy atom. The van der Waals surface area contributed by atoms with Gasteiger partial charge in [0.2, 0.25) is 0 Å². The highest BCUT2D eigenvalue weighted by Gasteiger charge is 2.35. The van der Waals surface area contributed by atoms with Gasteiger partial charge in [0.1, 0.15) is 5.82 Å². The summed E-state index contributed by atoms with van der Waals surface area (Å²) in [7, 11) is 3.13. The summed E-state index contributed by atoms with van der Waals surface area (Å²) in [6.45, 7) is 0. The molecule has 3 aromatic rings. The summed E-state index contributed by atoms with van der Waals surface area (Å²) in [6.07, 6.45) is -3.58. The van der Waals surface area contributed by atoms with Gasteiger partial charge in [-0.1, -0.05) is 29.8 Å². The van der Waals surface area contributed by atoms with Gasteiger partial charge in [-0.15, -0.1) is 0 Å². The number of fused-ring (bicyclic) bond motifs is 1. The van der Waals surface area contributed by atoms with Crippen molar-refractivity contribution < 1.29 is 22.4 Å². The Bertz CT molecular complexity index is 1070. The first-order chi connectivity index (χ1) is 13.1. The fraction of sp³-hybridized carbons (Fsp3) is 0.158. The molecule has 4 nitrogen and oxygen atoms in total. The van der Waals surface area contributed by atoms with Crippen LogP contribution in [0, 0.1) is 5.82 Å². The fourth-order valence-corrected chi connectivity index (χ4v) is 3.01. The molecule has 28 heavy (non-hydrogen) atoms. The lowest BCUT2D eigenvalue weighted by Gasteiger charge is -2.16. The van der Waals surface area contributed by atoms with E-state index in [0.717, 1.165) is 6.07 Å². The minimum atomic E-state index is -4.83. The quantitative estimate of drug-likeness (QED) is 0.579. The van der Waals surface area contributed by atoms with Crippen molar-refractivity contribution in [2.24, 2.45) is 0 Å². The fourth-order valence-electron chi connectivity index (χ4n) is 2.74. The largest absolute Gasteiger partial charge is 0.419 e. The van der Waals surface area contributed by atoms with Gasteiger partial charge in [-0.3, -0.25) is 4.79 Å². The number of nitrogens with zero attached hydrogens (tertiary/aromatic N) is 2. The smallest absolute Gasteiger partial charge is 0.345 e. The van der Waals surface area contributed by atoms with Crippen molar-refractivity contribution in [1.29, 1.82) is 0 Å². The lowest BCUT2D eigenvalue weighted by atomic mass is 10.1. The number of amides is 1. The van der Waals surface area contributed by atoms with E-state index in [1.54, 1.807) is 32.3 Å². The van der Waals surface area contributed by atoms with Gasteiger partial charge < -0.3 is 10.2 Å². The van der Waals surface area contributed by atoms with Gasteiger partial charge in [-0.2, -0.15) is 13.2 Å². The van der Waals surface area contributed by atoms with Crippen LogP contribution in [-0.2, 0) is 6.18 Å². The van der Waals surface area contributed by atoms with Gasteiger partial charge in [0.25, 0.3) is 5.91 Å². The summed E-state index contributed by atoms with van der Waals surface area (Å²) in [5.41, 5.74) is -1.56. The van der Waals surface area contributed by atoms with Crippen LogP contribution in [0.5, 0.6) is 0 Å². The number of carbonyl (C=O) groups excluding carboxylic acids is 1. The van der Waals surface area contributed by atoms with Crippen LogP contribution in [0.25, 0.3) is 10.8 Å². The molecule has 0 radical (unpaired) electrons. The number of carbonyl (C=O) groups is 1. The van der Waals surface area contributed by atoms with E-state index in [1.807, 2.05) is 0 Å². The number of aromatic nitrogens is 1. The van der Waals surface area contributed by atoms with Gasteiger partial charge in [-0.25, -0.2) is 9.37 Å². The Morgan fingerprint density at radius 3 is 2.46 bits per heavy atom. The van der Waals surface area contributed by atoms with Crippen molar-refractivity contribution in [2.75, 3.05) is 19.4 Å². The van der Waals surface area contributed by atoms with Crippen molar-refractivity contribution in [3.8, 4) is 0 Å². The Labute approximate surface area is 162 Å². The first kappa shape index (κ1) is 19.9. The third-order valence-electron chi connectivity index (χ3n) is 4.05. The molecule has 0 fully saturated rings. The van der Waals surface area contributed by atoms with E-state index in [-0.39, 0.29) is 22.3 Å². The molecule has 0 spiro atoms. The molecule has 2 aromatic carbocycles. The van der Waals surface area contributed by atoms with E-state index >= 15 is 0 Å². The number of benzene rings is 2.